The van der Waals surface area contributed by atoms with Crippen LogP contribution in [0.25, 0.3) is 0 Å². The van der Waals surface area contributed by atoms with E-state index in [0.29, 0.717) is 18.0 Å². The Hall–Kier alpha value is -2.21. The number of amides is 1. The SMILES string of the molecule is Cc1cc(C(=O)N(Cc2ccccn2)C2CCCNCC2)no1. The van der Waals surface area contributed by atoms with Crippen LogP contribution in [-0.4, -0.2) is 40.1 Å². The Morgan fingerprint density at radius 2 is 2.30 bits per heavy atom. The van der Waals surface area contributed by atoms with Crippen LogP contribution in [0.3, 0.4) is 0 Å². The molecular formula is C17H22N4O2. The molecule has 0 radical (unpaired) electrons. The molecule has 1 saturated heterocycles. The van der Waals surface area contributed by atoms with Crippen molar-refractivity contribution in [1.29, 1.82) is 0 Å². The molecule has 1 fully saturated rings. The van der Waals surface area contributed by atoms with Gasteiger partial charge in [0.15, 0.2) is 5.69 Å². The molecule has 1 aliphatic rings. The van der Waals surface area contributed by atoms with Crippen molar-refractivity contribution in [3.05, 3.63) is 47.6 Å². The summed E-state index contributed by atoms with van der Waals surface area (Å²) in [6.07, 6.45) is 4.75. The first-order valence-corrected chi connectivity index (χ1v) is 8.09. The minimum absolute atomic E-state index is 0.0839. The number of aromatic nitrogens is 2. The Kier molecular flexibility index (Phi) is 5.02. The number of aryl methyl sites for hydroxylation is 1. The van der Waals surface area contributed by atoms with Crippen molar-refractivity contribution in [2.45, 2.75) is 38.8 Å². The van der Waals surface area contributed by atoms with Crippen molar-refractivity contribution in [2.24, 2.45) is 0 Å². The standard InChI is InChI=1S/C17H22N4O2/c1-13-11-16(20-23-13)17(22)21(12-14-5-2-3-9-19-14)15-6-4-8-18-10-7-15/h2-3,5,9,11,15,18H,4,6-8,10,12H2,1H3. The van der Waals surface area contributed by atoms with E-state index in [1.54, 1.807) is 19.2 Å². The van der Waals surface area contributed by atoms with Crippen molar-refractivity contribution < 1.29 is 9.32 Å². The van der Waals surface area contributed by atoms with Crippen LogP contribution in [0.4, 0.5) is 0 Å². The number of nitrogens with one attached hydrogen (secondary N) is 1. The molecule has 1 N–H and O–H groups in total. The van der Waals surface area contributed by atoms with Crippen LogP contribution in [0.1, 0.15) is 41.2 Å². The molecule has 2 aromatic rings. The quantitative estimate of drug-likeness (QED) is 0.936. The number of rotatable bonds is 4. The first kappa shape index (κ1) is 15.7. The summed E-state index contributed by atoms with van der Waals surface area (Å²) < 4.78 is 5.07. The number of carbonyl (C=O) groups excluding carboxylic acids is 1. The summed E-state index contributed by atoms with van der Waals surface area (Å²) in [7, 11) is 0. The lowest BCUT2D eigenvalue weighted by Gasteiger charge is -2.30. The van der Waals surface area contributed by atoms with Gasteiger partial charge in [0.1, 0.15) is 5.76 Å². The smallest absolute Gasteiger partial charge is 0.276 e. The molecule has 0 aliphatic carbocycles. The maximum absolute atomic E-state index is 12.9. The lowest BCUT2D eigenvalue weighted by atomic mass is 10.1. The topological polar surface area (TPSA) is 71.3 Å². The summed E-state index contributed by atoms with van der Waals surface area (Å²) in [6.45, 7) is 4.22. The van der Waals surface area contributed by atoms with Crippen LogP contribution in [-0.2, 0) is 6.54 Å². The van der Waals surface area contributed by atoms with Gasteiger partial charge in [0.05, 0.1) is 12.2 Å². The Morgan fingerprint density at radius 3 is 3.04 bits per heavy atom. The Bertz CT molecular complexity index is 633. The second-order valence-corrected chi connectivity index (χ2v) is 5.91. The average Bonchev–Trinajstić information content (AvgIpc) is 2.84. The summed E-state index contributed by atoms with van der Waals surface area (Å²) in [5.41, 5.74) is 1.26. The molecule has 2 aromatic heterocycles. The molecule has 0 spiro atoms. The van der Waals surface area contributed by atoms with Gasteiger partial charge in [-0.05, 0) is 51.4 Å². The summed E-state index contributed by atoms with van der Waals surface area (Å²) in [4.78, 5) is 19.2. The van der Waals surface area contributed by atoms with Crippen molar-refractivity contribution >= 4 is 5.91 Å². The third-order valence-electron chi connectivity index (χ3n) is 4.15. The molecule has 3 heterocycles. The summed E-state index contributed by atoms with van der Waals surface area (Å²) in [5, 5.41) is 7.29. The van der Waals surface area contributed by atoms with E-state index in [4.69, 9.17) is 4.52 Å². The highest BCUT2D eigenvalue weighted by Gasteiger charge is 2.27. The zero-order chi connectivity index (χ0) is 16.1. The number of pyridine rings is 1. The van der Waals surface area contributed by atoms with Crippen molar-refractivity contribution in [2.75, 3.05) is 13.1 Å². The fourth-order valence-corrected chi connectivity index (χ4v) is 2.96. The normalized spacial score (nSPS) is 18.4. The largest absolute Gasteiger partial charge is 0.361 e. The fraction of sp³-hybridized carbons (Fsp3) is 0.471. The van der Waals surface area contributed by atoms with E-state index >= 15 is 0 Å². The molecule has 1 atom stereocenters. The van der Waals surface area contributed by atoms with E-state index in [1.165, 1.54) is 0 Å². The minimum atomic E-state index is -0.0839. The molecule has 0 saturated carbocycles. The number of carbonyl (C=O) groups is 1. The van der Waals surface area contributed by atoms with Gasteiger partial charge < -0.3 is 14.7 Å². The van der Waals surface area contributed by atoms with E-state index in [0.717, 1.165) is 38.0 Å². The highest BCUT2D eigenvalue weighted by molar-refractivity contribution is 5.92. The molecule has 3 rings (SSSR count). The maximum atomic E-state index is 12.9. The van der Waals surface area contributed by atoms with Crippen LogP contribution in [0.5, 0.6) is 0 Å². The van der Waals surface area contributed by atoms with Gasteiger partial charge in [0, 0.05) is 18.3 Å². The van der Waals surface area contributed by atoms with Gasteiger partial charge in [-0.25, -0.2) is 0 Å². The van der Waals surface area contributed by atoms with E-state index < -0.39 is 0 Å². The Balaban J connectivity index is 1.84. The lowest BCUT2D eigenvalue weighted by molar-refractivity contribution is 0.0631. The van der Waals surface area contributed by atoms with Gasteiger partial charge in [0.2, 0.25) is 0 Å². The summed E-state index contributed by atoms with van der Waals surface area (Å²) >= 11 is 0. The summed E-state index contributed by atoms with van der Waals surface area (Å²) in [6, 6.07) is 7.66. The molecule has 6 heteroatoms. The molecule has 6 nitrogen and oxygen atoms in total. The second kappa shape index (κ2) is 7.37. The zero-order valence-corrected chi connectivity index (χ0v) is 13.4. The van der Waals surface area contributed by atoms with Gasteiger partial charge in [-0.2, -0.15) is 0 Å². The van der Waals surface area contributed by atoms with Gasteiger partial charge in [-0.15, -0.1) is 0 Å². The first-order chi connectivity index (χ1) is 11.2. The molecule has 122 valence electrons. The van der Waals surface area contributed by atoms with Crippen molar-refractivity contribution in [3.63, 3.8) is 0 Å². The van der Waals surface area contributed by atoms with E-state index in [1.807, 2.05) is 23.1 Å². The highest BCUT2D eigenvalue weighted by Crippen LogP contribution is 2.19. The van der Waals surface area contributed by atoms with E-state index in [2.05, 4.69) is 15.5 Å². The Morgan fingerprint density at radius 1 is 1.39 bits per heavy atom. The van der Waals surface area contributed by atoms with Crippen LogP contribution in [0, 0.1) is 6.92 Å². The molecular weight excluding hydrogens is 292 g/mol. The third-order valence-corrected chi connectivity index (χ3v) is 4.15. The monoisotopic (exact) mass is 314 g/mol. The number of hydrogen-bond acceptors (Lipinski definition) is 5. The molecule has 1 aliphatic heterocycles. The first-order valence-electron chi connectivity index (χ1n) is 8.09. The predicted octanol–water partition coefficient (Wildman–Crippen LogP) is 2.16. The fourth-order valence-electron chi connectivity index (χ4n) is 2.96. The van der Waals surface area contributed by atoms with Crippen molar-refractivity contribution in [3.8, 4) is 0 Å². The van der Waals surface area contributed by atoms with Crippen LogP contribution in [0.2, 0.25) is 0 Å². The van der Waals surface area contributed by atoms with E-state index in [9.17, 15) is 4.79 Å². The minimum Gasteiger partial charge on any atom is -0.361 e. The molecule has 1 amide bonds. The predicted molar refractivity (Wildman–Crippen MR) is 85.9 cm³/mol. The van der Waals surface area contributed by atoms with Gasteiger partial charge in [-0.1, -0.05) is 11.2 Å². The average molecular weight is 314 g/mol. The maximum Gasteiger partial charge on any atom is 0.276 e. The number of hydrogen-bond donors (Lipinski definition) is 1. The third kappa shape index (κ3) is 3.96. The molecule has 23 heavy (non-hydrogen) atoms. The highest BCUT2D eigenvalue weighted by atomic mass is 16.5. The molecule has 1 unspecified atom stereocenters. The van der Waals surface area contributed by atoms with Crippen LogP contribution in [0.15, 0.2) is 35.0 Å². The van der Waals surface area contributed by atoms with E-state index in [-0.39, 0.29) is 11.9 Å². The Labute approximate surface area is 135 Å². The zero-order valence-electron chi connectivity index (χ0n) is 13.4. The molecule has 0 bridgehead atoms. The van der Waals surface area contributed by atoms with Crippen molar-refractivity contribution in [1.82, 2.24) is 20.4 Å². The lowest BCUT2D eigenvalue weighted by Crippen LogP contribution is -2.40. The van der Waals surface area contributed by atoms with Crippen LogP contribution < -0.4 is 5.32 Å². The van der Waals surface area contributed by atoms with Crippen LogP contribution >= 0.6 is 0 Å². The van der Waals surface area contributed by atoms with Gasteiger partial charge in [0.25, 0.3) is 5.91 Å². The van der Waals surface area contributed by atoms with Gasteiger partial charge in [-0.3, -0.25) is 9.78 Å². The molecule has 0 aromatic carbocycles. The number of nitrogens with zero attached hydrogens (tertiary/aromatic N) is 3. The van der Waals surface area contributed by atoms with Gasteiger partial charge >= 0.3 is 0 Å². The summed E-state index contributed by atoms with van der Waals surface area (Å²) in [5.74, 6) is 0.563. The second-order valence-electron chi connectivity index (χ2n) is 5.91.